The van der Waals surface area contributed by atoms with Gasteiger partial charge in [-0.2, -0.15) is 0 Å². The summed E-state index contributed by atoms with van der Waals surface area (Å²) in [5.74, 6) is 1.03. The highest BCUT2D eigenvalue weighted by atomic mass is 16.4. The minimum atomic E-state index is -0.00774. The standard InChI is InChI=1S/C18H17N3O2/c1-12-19-20-17(23-12)16-6-4-5-15(11-16)13-7-9-14(10-8-13)18(22)21(2)3/h4-11H,1-3H3. The van der Waals surface area contributed by atoms with E-state index < -0.39 is 0 Å². The van der Waals surface area contributed by atoms with Crippen molar-refractivity contribution in [3.05, 3.63) is 60.0 Å². The highest BCUT2D eigenvalue weighted by molar-refractivity contribution is 5.94. The topological polar surface area (TPSA) is 59.2 Å². The van der Waals surface area contributed by atoms with E-state index in [4.69, 9.17) is 4.42 Å². The molecule has 5 heteroatoms. The summed E-state index contributed by atoms with van der Waals surface area (Å²) in [6.07, 6.45) is 0. The van der Waals surface area contributed by atoms with Crippen molar-refractivity contribution in [3.8, 4) is 22.6 Å². The molecule has 0 saturated heterocycles. The van der Waals surface area contributed by atoms with E-state index in [1.54, 1.807) is 25.9 Å². The fourth-order valence-electron chi connectivity index (χ4n) is 2.31. The first-order valence-electron chi connectivity index (χ1n) is 7.27. The Morgan fingerprint density at radius 3 is 2.26 bits per heavy atom. The molecular formula is C18H17N3O2. The van der Waals surface area contributed by atoms with E-state index in [1.807, 2.05) is 48.5 Å². The molecule has 1 aromatic heterocycles. The quantitative estimate of drug-likeness (QED) is 0.744. The van der Waals surface area contributed by atoms with Crippen LogP contribution in [0.25, 0.3) is 22.6 Å². The number of nitrogens with zero attached hydrogens (tertiary/aromatic N) is 3. The number of carbonyl (C=O) groups excluding carboxylic acids is 1. The first-order chi connectivity index (χ1) is 11.0. The van der Waals surface area contributed by atoms with Gasteiger partial charge in [-0.05, 0) is 35.4 Å². The molecule has 116 valence electrons. The Bertz CT molecular complexity index is 835. The van der Waals surface area contributed by atoms with Gasteiger partial charge in [0.25, 0.3) is 5.91 Å². The average molecular weight is 307 g/mol. The summed E-state index contributed by atoms with van der Waals surface area (Å²) in [7, 11) is 3.48. The molecule has 0 aliphatic heterocycles. The monoisotopic (exact) mass is 307 g/mol. The van der Waals surface area contributed by atoms with Gasteiger partial charge < -0.3 is 9.32 Å². The van der Waals surface area contributed by atoms with Crippen LogP contribution < -0.4 is 0 Å². The van der Waals surface area contributed by atoms with Gasteiger partial charge in [-0.25, -0.2) is 0 Å². The van der Waals surface area contributed by atoms with Crippen molar-refractivity contribution >= 4 is 5.91 Å². The summed E-state index contributed by atoms with van der Waals surface area (Å²) >= 11 is 0. The Kier molecular flexibility index (Phi) is 3.93. The lowest BCUT2D eigenvalue weighted by molar-refractivity contribution is 0.0827. The lowest BCUT2D eigenvalue weighted by Gasteiger charge is -2.10. The van der Waals surface area contributed by atoms with Crippen LogP contribution >= 0.6 is 0 Å². The van der Waals surface area contributed by atoms with Crippen molar-refractivity contribution in [3.63, 3.8) is 0 Å². The molecule has 1 amide bonds. The van der Waals surface area contributed by atoms with Gasteiger partial charge in [0.15, 0.2) is 0 Å². The highest BCUT2D eigenvalue weighted by Gasteiger charge is 2.09. The van der Waals surface area contributed by atoms with Crippen molar-refractivity contribution in [1.29, 1.82) is 0 Å². The summed E-state index contributed by atoms with van der Waals surface area (Å²) < 4.78 is 5.46. The van der Waals surface area contributed by atoms with E-state index in [0.29, 0.717) is 17.3 Å². The number of amides is 1. The number of aryl methyl sites for hydroxylation is 1. The van der Waals surface area contributed by atoms with Gasteiger partial charge in [0.05, 0.1) is 0 Å². The number of benzene rings is 2. The largest absolute Gasteiger partial charge is 0.421 e. The molecule has 0 fully saturated rings. The second kappa shape index (κ2) is 6.04. The van der Waals surface area contributed by atoms with E-state index in [-0.39, 0.29) is 5.91 Å². The van der Waals surface area contributed by atoms with Crippen LogP contribution in [-0.2, 0) is 0 Å². The zero-order valence-electron chi connectivity index (χ0n) is 13.3. The second-order valence-corrected chi connectivity index (χ2v) is 5.48. The molecular weight excluding hydrogens is 290 g/mol. The Labute approximate surface area is 134 Å². The van der Waals surface area contributed by atoms with E-state index in [1.165, 1.54) is 0 Å². The lowest BCUT2D eigenvalue weighted by atomic mass is 10.0. The van der Waals surface area contributed by atoms with Crippen LogP contribution in [-0.4, -0.2) is 35.1 Å². The molecule has 3 aromatic rings. The molecule has 23 heavy (non-hydrogen) atoms. The lowest BCUT2D eigenvalue weighted by Crippen LogP contribution is -2.21. The summed E-state index contributed by atoms with van der Waals surface area (Å²) in [5.41, 5.74) is 3.60. The fraction of sp³-hybridized carbons (Fsp3) is 0.167. The minimum absolute atomic E-state index is 0.00774. The van der Waals surface area contributed by atoms with E-state index in [2.05, 4.69) is 10.2 Å². The smallest absolute Gasteiger partial charge is 0.253 e. The molecule has 0 radical (unpaired) electrons. The molecule has 0 atom stereocenters. The van der Waals surface area contributed by atoms with Crippen LogP contribution in [0.4, 0.5) is 0 Å². The maximum absolute atomic E-state index is 11.9. The third-order valence-corrected chi connectivity index (χ3v) is 3.51. The second-order valence-electron chi connectivity index (χ2n) is 5.48. The van der Waals surface area contributed by atoms with Crippen molar-refractivity contribution in [2.24, 2.45) is 0 Å². The molecule has 1 heterocycles. The molecule has 3 rings (SSSR count). The predicted molar refractivity (Wildman–Crippen MR) is 87.9 cm³/mol. The fourth-order valence-corrected chi connectivity index (χ4v) is 2.31. The van der Waals surface area contributed by atoms with Crippen LogP contribution in [0.1, 0.15) is 16.2 Å². The number of hydrogen-bond donors (Lipinski definition) is 0. The first kappa shape index (κ1) is 15.0. The Hall–Kier alpha value is -2.95. The third kappa shape index (κ3) is 3.13. The van der Waals surface area contributed by atoms with Gasteiger partial charge in [0.1, 0.15) is 0 Å². The molecule has 2 aromatic carbocycles. The third-order valence-electron chi connectivity index (χ3n) is 3.51. The zero-order valence-corrected chi connectivity index (χ0v) is 13.3. The summed E-state index contributed by atoms with van der Waals surface area (Å²) in [4.78, 5) is 13.5. The zero-order chi connectivity index (χ0) is 16.4. The molecule has 0 bridgehead atoms. The van der Waals surface area contributed by atoms with Crippen molar-refractivity contribution in [2.45, 2.75) is 6.92 Å². The Morgan fingerprint density at radius 1 is 0.957 bits per heavy atom. The van der Waals surface area contributed by atoms with E-state index >= 15 is 0 Å². The summed E-state index contributed by atoms with van der Waals surface area (Å²) in [6, 6.07) is 15.4. The molecule has 0 spiro atoms. The van der Waals surface area contributed by atoms with Gasteiger partial charge in [-0.3, -0.25) is 4.79 Å². The van der Waals surface area contributed by atoms with Crippen molar-refractivity contribution < 1.29 is 9.21 Å². The van der Waals surface area contributed by atoms with E-state index in [0.717, 1.165) is 16.7 Å². The number of hydrogen-bond acceptors (Lipinski definition) is 4. The SMILES string of the molecule is Cc1nnc(-c2cccc(-c3ccc(C(=O)N(C)C)cc3)c2)o1. The molecule has 0 N–H and O–H groups in total. The van der Waals surface area contributed by atoms with Crippen LogP contribution in [0, 0.1) is 6.92 Å². The highest BCUT2D eigenvalue weighted by Crippen LogP contribution is 2.26. The first-order valence-corrected chi connectivity index (χ1v) is 7.27. The van der Waals surface area contributed by atoms with Gasteiger partial charge >= 0.3 is 0 Å². The average Bonchev–Trinajstić information content (AvgIpc) is 3.01. The van der Waals surface area contributed by atoms with Crippen LogP contribution in [0.2, 0.25) is 0 Å². The van der Waals surface area contributed by atoms with E-state index in [9.17, 15) is 4.79 Å². The molecule has 0 aliphatic rings. The van der Waals surface area contributed by atoms with Crippen LogP contribution in [0.15, 0.2) is 52.9 Å². The number of carbonyl (C=O) groups is 1. The van der Waals surface area contributed by atoms with Gasteiger partial charge in [-0.15, -0.1) is 10.2 Å². The molecule has 0 saturated carbocycles. The summed E-state index contributed by atoms with van der Waals surface area (Å²) in [6.45, 7) is 1.76. The van der Waals surface area contributed by atoms with Crippen LogP contribution in [0.5, 0.6) is 0 Å². The minimum Gasteiger partial charge on any atom is -0.421 e. The maximum atomic E-state index is 11.9. The van der Waals surface area contributed by atoms with Gasteiger partial charge in [0, 0.05) is 32.1 Å². The molecule has 0 unspecified atom stereocenters. The molecule has 5 nitrogen and oxygen atoms in total. The maximum Gasteiger partial charge on any atom is 0.253 e. The summed E-state index contributed by atoms with van der Waals surface area (Å²) in [5, 5.41) is 7.89. The number of aromatic nitrogens is 2. The normalized spacial score (nSPS) is 10.6. The Morgan fingerprint density at radius 2 is 1.65 bits per heavy atom. The number of rotatable bonds is 3. The Balaban J connectivity index is 1.92. The van der Waals surface area contributed by atoms with Gasteiger partial charge in [0.2, 0.25) is 11.8 Å². The van der Waals surface area contributed by atoms with Crippen molar-refractivity contribution in [1.82, 2.24) is 15.1 Å². The van der Waals surface area contributed by atoms with Crippen molar-refractivity contribution in [2.75, 3.05) is 14.1 Å². The predicted octanol–water partition coefficient (Wildman–Crippen LogP) is 3.41. The van der Waals surface area contributed by atoms with Crippen LogP contribution in [0.3, 0.4) is 0 Å². The molecule has 0 aliphatic carbocycles. The van der Waals surface area contributed by atoms with Gasteiger partial charge in [-0.1, -0.05) is 24.3 Å².